The van der Waals surface area contributed by atoms with Crippen LogP contribution in [0.5, 0.6) is 0 Å². The molecular weight excluding hydrogens is 196 g/mol. The number of hydrogen-bond acceptors (Lipinski definition) is 3. The average molecular weight is 210 g/mol. The molecule has 1 saturated heterocycles. The van der Waals surface area contributed by atoms with Crippen LogP contribution in [-0.4, -0.2) is 18.5 Å². The summed E-state index contributed by atoms with van der Waals surface area (Å²) >= 11 is 1.52. The molecule has 1 unspecified atom stereocenters. The summed E-state index contributed by atoms with van der Waals surface area (Å²) in [6.07, 6.45) is 2.91. The summed E-state index contributed by atoms with van der Waals surface area (Å²) < 4.78 is 5.48. The molecule has 3 heteroatoms. The maximum atomic E-state index is 12.0. The van der Waals surface area contributed by atoms with Crippen LogP contribution in [-0.2, 0) is 4.74 Å². The molecule has 1 aliphatic heterocycles. The van der Waals surface area contributed by atoms with Crippen LogP contribution in [0.2, 0.25) is 0 Å². The summed E-state index contributed by atoms with van der Waals surface area (Å²) in [5.74, 6) is 0.178. The predicted molar refractivity (Wildman–Crippen MR) is 57.0 cm³/mol. The zero-order valence-corrected chi connectivity index (χ0v) is 9.10. The first-order valence-electron chi connectivity index (χ1n) is 4.99. The van der Waals surface area contributed by atoms with E-state index in [2.05, 4.69) is 0 Å². The molecule has 1 aromatic heterocycles. The maximum Gasteiger partial charge on any atom is 0.201 e. The van der Waals surface area contributed by atoms with Crippen LogP contribution in [0.25, 0.3) is 0 Å². The molecule has 1 aliphatic rings. The van der Waals surface area contributed by atoms with E-state index in [-0.39, 0.29) is 11.9 Å². The quantitative estimate of drug-likeness (QED) is 0.702. The smallest absolute Gasteiger partial charge is 0.201 e. The van der Waals surface area contributed by atoms with E-state index in [9.17, 15) is 4.79 Å². The molecule has 0 N–H and O–H groups in total. The number of ketones is 1. The van der Waals surface area contributed by atoms with Gasteiger partial charge in [0.1, 0.15) is 6.10 Å². The molecule has 0 saturated carbocycles. The van der Waals surface area contributed by atoms with E-state index >= 15 is 0 Å². The number of carbonyl (C=O) groups excluding carboxylic acids is 1. The Labute approximate surface area is 87.9 Å². The minimum absolute atomic E-state index is 0.178. The van der Waals surface area contributed by atoms with Crippen molar-refractivity contribution >= 4 is 17.1 Å². The molecule has 0 radical (unpaired) electrons. The summed E-state index contributed by atoms with van der Waals surface area (Å²) in [5.41, 5.74) is 1.08. The molecule has 1 aromatic rings. The van der Waals surface area contributed by atoms with Gasteiger partial charge in [-0.25, -0.2) is 0 Å². The Hall–Kier alpha value is -0.670. The van der Waals surface area contributed by atoms with Crippen molar-refractivity contribution in [3.63, 3.8) is 0 Å². The van der Waals surface area contributed by atoms with Gasteiger partial charge >= 0.3 is 0 Å². The molecular formula is C11H14O2S. The highest BCUT2D eigenvalue weighted by Gasteiger charge is 2.24. The van der Waals surface area contributed by atoms with Crippen molar-refractivity contribution in [2.24, 2.45) is 0 Å². The Kier molecular flexibility index (Phi) is 2.99. The summed E-state index contributed by atoms with van der Waals surface area (Å²) in [6.45, 7) is 2.72. The number of aryl methyl sites for hydroxylation is 1. The first-order valence-corrected chi connectivity index (χ1v) is 5.87. The lowest BCUT2D eigenvalue weighted by Crippen LogP contribution is -2.28. The van der Waals surface area contributed by atoms with E-state index in [1.807, 2.05) is 18.4 Å². The van der Waals surface area contributed by atoms with Gasteiger partial charge < -0.3 is 4.74 Å². The normalized spacial score (nSPS) is 22.2. The van der Waals surface area contributed by atoms with Crippen LogP contribution < -0.4 is 0 Å². The van der Waals surface area contributed by atoms with Gasteiger partial charge in [0.05, 0.1) is 4.88 Å². The Morgan fingerprint density at radius 3 is 3.00 bits per heavy atom. The van der Waals surface area contributed by atoms with E-state index < -0.39 is 0 Å². The van der Waals surface area contributed by atoms with Crippen molar-refractivity contribution in [3.8, 4) is 0 Å². The number of thiophene rings is 1. The van der Waals surface area contributed by atoms with Gasteiger partial charge in [0.25, 0.3) is 0 Å². The Bertz CT molecular complexity index is 324. The second-order valence-electron chi connectivity index (χ2n) is 3.65. The molecule has 2 heterocycles. The minimum atomic E-state index is -0.180. The van der Waals surface area contributed by atoms with Crippen LogP contribution in [0.4, 0.5) is 0 Å². The molecule has 2 nitrogen and oxygen atoms in total. The van der Waals surface area contributed by atoms with E-state index in [1.54, 1.807) is 0 Å². The molecule has 0 aromatic carbocycles. The first-order chi connectivity index (χ1) is 6.79. The van der Waals surface area contributed by atoms with E-state index in [4.69, 9.17) is 4.74 Å². The number of carbonyl (C=O) groups is 1. The van der Waals surface area contributed by atoms with Crippen LogP contribution in [0.15, 0.2) is 11.4 Å². The van der Waals surface area contributed by atoms with Gasteiger partial charge in [-0.05, 0) is 43.2 Å². The Balaban J connectivity index is 2.11. The molecule has 2 rings (SSSR count). The topological polar surface area (TPSA) is 26.3 Å². The van der Waals surface area contributed by atoms with Gasteiger partial charge in [0, 0.05) is 6.61 Å². The van der Waals surface area contributed by atoms with Crippen LogP contribution >= 0.6 is 11.3 Å². The summed E-state index contributed by atoms with van der Waals surface area (Å²) in [4.78, 5) is 12.8. The third kappa shape index (κ3) is 1.88. The number of ether oxygens (including phenoxy) is 1. The molecule has 14 heavy (non-hydrogen) atoms. The number of Topliss-reactive ketones (excluding diaryl/α,β-unsaturated/α-hetero) is 1. The zero-order valence-electron chi connectivity index (χ0n) is 8.29. The fourth-order valence-corrected chi connectivity index (χ4v) is 2.63. The average Bonchev–Trinajstić information content (AvgIpc) is 2.65. The van der Waals surface area contributed by atoms with Gasteiger partial charge in [-0.3, -0.25) is 4.79 Å². The molecule has 1 atom stereocenters. The standard InChI is InChI=1S/C11H14O2S/c1-8-5-7-14-11(8)10(12)9-4-2-3-6-13-9/h5,7,9H,2-4,6H2,1H3. The Morgan fingerprint density at radius 2 is 2.43 bits per heavy atom. The zero-order chi connectivity index (χ0) is 9.97. The van der Waals surface area contributed by atoms with E-state index in [1.165, 1.54) is 11.3 Å². The van der Waals surface area contributed by atoms with Gasteiger partial charge in [-0.1, -0.05) is 0 Å². The fraction of sp³-hybridized carbons (Fsp3) is 0.545. The fourth-order valence-electron chi connectivity index (χ4n) is 1.72. The maximum absolute atomic E-state index is 12.0. The molecule has 0 spiro atoms. The van der Waals surface area contributed by atoms with Gasteiger partial charge in [-0.15, -0.1) is 11.3 Å². The first kappa shape index (κ1) is 9.87. The third-order valence-corrected chi connectivity index (χ3v) is 3.59. The predicted octanol–water partition coefficient (Wildman–Crippen LogP) is 2.81. The minimum Gasteiger partial charge on any atom is -0.370 e. The summed E-state index contributed by atoms with van der Waals surface area (Å²) in [5, 5.41) is 1.96. The van der Waals surface area contributed by atoms with Crippen LogP contribution in [0.3, 0.4) is 0 Å². The van der Waals surface area contributed by atoms with Gasteiger partial charge in [0.2, 0.25) is 5.78 Å². The third-order valence-electron chi connectivity index (χ3n) is 2.56. The monoisotopic (exact) mass is 210 g/mol. The lowest BCUT2D eigenvalue weighted by molar-refractivity contribution is 0.0189. The largest absolute Gasteiger partial charge is 0.370 e. The highest BCUT2D eigenvalue weighted by atomic mass is 32.1. The highest BCUT2D eigenvalue weighted by molar-refractivity contribution is 7.12. The molecule has 76 valence electrons. The van der Waals surface area contributed by atoms with Crippen LogP contribution in [0, 0.1) is 6.92 Å². The highest BCUT2D eigenvalue weighted by Crippen LogP contribution is 2.22. The molecule has 0 bridgehead atoms. The Morgan fingerprint density at radius 1 is 1.57 bits per heavy atom. The lowest BCUT2D eigenvalue weighted by Gasteiger charge is -2.20. The van der Waals surface area contributed by atoms with Crippen LogP contribution in [0.1, 0.15) is 34.5 Å². The molecule has 1 fully saturated rings. The summed E-state index contributed by atoms with van der Waals surface area (Å²) in [6, 6.07) is 1.99. The van der Waals surface area contributed by atoms with Crippen molar-refractivity contribution in [2.75, 3.05) is 6.61 Å². The van der Waals surface area contributed by atoms with E-state index in [0.717, 1.165) is 36.3 Å². The number of hydrogen-bond donors (Lipinski definition) is 0. The lowest BCUT2D eigenvalue weighted by atomic mass is 10.0. The van der Waals surface area contributed by atoms with Crippen molar-refractivity contribution < 1.29 is 9.53 Å². The van der Waals surface area contributed by atoms with Crippen molar-refractivity contribution in [1.29, 1.82) is 0 Å². The summed E-state index contributed by atoms with van der Waals surface area (Å²) in [7, 11) is 0. The van der Waals surface area contributed by atoms with Gasteiger partial charge in [-0.2, -0.15) is 0 Å². The SMILES string of the molecule is Cc1ccsc1C(=O)C1CCCCO1. The molecule has 0 aliphatic carbocycles. The van der Waals surface area contributed by atoms with Crippen molar-refractivity contribution in [3.05, 3.63) is 21.9 Å². The second-order valence-corrected chi connectivity index (χ2v) is 4.57. The van der Waals surface area contributed by atoms with Crippen molar-refractivity contribution in [2.45, 2.75) is 32.3 Å². The number of rotatable bonds is 2. The van der Waals surface area contributed by atoms with Crippen molar-refractivity contribution in [1.82, 2.24) is 0 Å². The second kappa shape index (κ2) is 4.24. The van der Waals surface area contributed by atoms with E-state index in [0.29, 0.717) is 0 Å². The van der Waals surface area contributed by atoms with Gasteiger partial charge in [0.15, 0.2) is 0 Å². The molecule has 0 amide bonds.